The van der Waals surface area contributed by atoms with Crippen LogP contribution in [0.15, 0.2) is 18.2 Å². The van der Waals surface area contributed by atoms with Gasteiger partial charge in [0.2, 0.25) is 5.91 Å². The van der Waals surface area contributed by atoms with Crippen LogP contribution in [0.3, 0.4) is 0 Å². The summed E-state index contributed by atoms with van der Waals surface area (Å²) in [7, 11) is 0. The number of amides is 2. The van der Waals surface area contributed by atoms with Crippen LogP contribution in [0.1, 0.15) is 37.0 Å². The lowest BCUT2D eigenvalue weighted by atomic mass is 10.1. The van der Waals surface area contributed by atoms with Crippen molar-refractivity contribution in [2.24, 2.45) is 5.92 Å². The van der Waals surface area contributed by atoms with Gasteiger partial charge in [0.1, 0.15) is 0 Å². The maximum atomic E-state index is 12.7. The number of halogens is 2. The number of nitrogens with zero attached hydrogens (tertiary/aromatic N) is 2. The van der Waals surface area contributed by atoms with Crippen molar-refractivity contribution in [3.05, 3.63) is 33.8 Å². The standard InChI is InChI=1S/C17H22Cl2N2O2/c1-12(2)10-16(22)20-6-3-7-21(9-8-20)17(23)14-11-13(18)4-5-15(14)19/h4-5,11-12H,3,6-10H2,1-2H3. The van der Waals surface area contributed by atoms with Gasteiger partial charge in [-0.15, -0.1) is 0 Å². The number of rotatable bonds is 3. The second kappa shape index (κ2) is 8.02. The van der Waals surface area contributed by atoms with Gasteiger partial charge >= 0.3 is 0 Å². The molecule has 1 aliphatic heterocycles. The van der Waals surface area contributed by atoms with Gasteiger partial charge in [0.25, 0.3) is 5.91 Å². The summed E-state index contributed by atoms with van der Waals surface area (Å²) in [5.41, 5.74) is 0.418. The van der Waals surface area contributed by atoms with Crippen molar-refractivity contribution in [1.82, 2.24) is 9.80 Å². The molecule has 1 heterocycles. The normalized spacial score (nSPS) is 15.7. The largest absolute Gasteiger partial charge is 0.341 e. The maximum Gasteiger partial charge on any atom is 0.255 e. The first-order valence-corrected chi connectivity index (χ1v) is 8.66. The minimum Gasteiger partial charge on any atom is -0.341 e. The highest BCUT2D eigenvalue weighted by Gasteiger charge is 2.24. The van der Waals surface area contributed by atoms with Gasteiger partial charge in [0.05, 0.1) is 10.6 Å². The predicted molar refractivity (Wildman–Crippen MR) is 93.0 cm³/mol. The molecule has 1 fully saturated rings. The Bertz CT molecular complexity index is 590. The summed E-state index contributed by atoms with van der Waals surface area (Å²) < 4.78 is 0. The number of carbonyl (C=O) groups excluding carboxylic acids is 2. The van der Waals surface area contributed by atoms with Gasteiger partial charge in [0, 0.05) is 37.6 Å². The van der Waals surface area contributed by atoms with Crippen molar-refractivity contribution in [3.63, 3.8) is 0 Å². The number of hydrogen-bond donors (Lipinski definition) is 0. The van der Waals surface area contributed by atoms with Crippen molar-refractivity contribution in [2.45, 2.75) is 26.7 Å². The maximum absolute atomic E-state index is 12.7. The molecular weight excluding hydrogens is 335 g/mol. The first-order chi connectivity index (χ1) is 10.9. The predicted octanol–water partition coefficient (Wildman–Crippen LogP) is 3.71. The van der Waals surface area contributed by atoms with Crippen molar-refractivity contribution < 1.29 is 9.59 Å². The lowest BCUT2D eigenvalue weighted by Gasteiger charge is -2.23. The molecule has 0 atom stereocenters. The molecule has 6 heteroatoms. The van der Waals surface area contributed by atoms with Crippen LogP contribution in [0.25, 0.3) is 0 Å². The Morgan fingerprint density at radius 1 is 1.09 bits per heavy atom. The van der Waals surface area contributed by atoms with Crippen LogP contribution in [-0.4, -0.2) is 47.8 Å². The monoisotopic (exact) mass is 356 g/mol. The molecule has 2 amide bonds. The summed E-state index contributed by atoms with van der Waals surface area (Å²) in [6.45, 7) is 6.46. The summed E-state index contributed by atoms with van der Waals surface area (Å²) in [6, 6.07) is 4.89. The molecule has 126 valence electrons. The fourth-order valence-corrected chi connectivity index (χ4v) is 3.05. The summed E-state index contributed by atoms with van der Waals surface area (Å²) in [4.78, 5) is 28.5. The molecule has 23 heavy (non-hydrogen) atoms. The van der Waals surface area contributed by atoms with Crippen LogP contribution < -0.4 is 0 Å². The van der Waals surface area contributed by atoms with Gasteiger partial charge in [-0.25, -0.2) is 0 Å². The molecule has 1 aromatic carbocycles. The molecule has 0 saturated carbocycles. The van der Waals surface area contributed by atoms with Crippen LogP contribution in [0, 0.1) is 5.92 Å². The topological polar surface area (TPSA) is 40.6 Å². The SMILES string of the molecule is CC(C)CC(=O)N1CCCN(C(=O)c2cc(Cl)ccc2Cl)CC1. The van der Waals surface area contributed by atoms with Gasteiger partial charge < -0.3 is 9.80 Å². The Labute approximate surface area is 147 Å². The van der Waals surface area contributed by atoms with E-state index in [0.29, 0.717) is 54.1 Å². The Hall–Kier alpha value is -1.26. The fraction of sp³-hybridized carbons (Fsp3) is 0.529. The quantitative estimate of drug-likeness (QED) is 0.827. The summed E-state index contributed by atoms with van der Waals surface area (Å²) >= 11 is 12.1. The van der Waals surface area contributed by atoms with E-state index in [1.165, 1.54) is 0 Å². The van der Waals surface area contributed by atoms with Crippen molar-refractivity contribution in [3.8, 4) is 0 Å². The van der Waals surface area contributed by atoms with E-state index in [-0.39, 0.29) is 11.8 Å². The van der Waals surface area contributed by atoms with Crippen LogP contribution in [0.5, 0.6) is 0 Å². The Kier molecular flexibility index (Phi) is 6.31. The first kappa shape index (κ1) is 18.1. The second-order valence-electron chi connectivity index (χ2n) is 6.25. The Morgan fingerprint density at radius 2 is 1.74 bits per heavy atom. The lowest BCUT2D eigenvalue weighted by molar-refractivity contribution is -0.131. The molecule has 1 saturated heterocycles. The number of hydrogen-bond acceptors (Lipinski definition) is 2. The molecule has 0 spiro atoms. The highest BCUT2D eigenvalue weighted by atomic mass is 35.5. The Morgan fingerprint density at radius 3 is 2.43 bits per heavy atom. The number of benzene rings is 1. The van der Waals surface area contributed by atoms with E-state index in [1.807, 2.05) is 18.7 Å². The van der Waals surface area contributed by atoms with Gasteiger partial charge in [-0.3, -0.25) is 9.59 Å². The fourth-order valence-electron chi connectivity index (χ4n) is 2.68. The smallest absolute Gasteiger partial charge is 0.255 e. The zero-order valence-corrected chi connectivity index (χ0v) is 15.0. The van der Waals surface area contributed by atoms with Gasteiger partial charge in [-0.1, -0.05) is 37.0 Å². The van der Waals surface area contributed by atoms with E-state index < -0.39 is 0 Å². The van der Waals surface area contributed by atoms with Crippen molar-refractivity contribution >= 4 is 35.0 Å². The molecule has 0 unspecified atom stereocenters. The van der Waals surface area contributed by atoms with Gasteiger partial charge in [0.15, 0.2) is 0 Å². The van der Waals surface area contributed by atoms with E-state index in [4.69, 9.17) is 23.2 Å². The lowest BCUT2D eigenvalue weighted by Crippen LogP contribution is -2.37. The summed E-state index contributed by atoms with van der Waals surface area (Å²) in [6.07, 6.45) is 1.32. The molecule has 0 aromatic heterocycles. The molecule has 1 aliphatic rings. The van der Waals surface area contributed by atoms with Crippen molar-refractivity contribution in [1.29, 1.82) is 0 Å². The molecular formula is C17H22Cl2N2O2. The zero-order valence-electron chi connectivity index (χ0n) is 13.5. The van der Waals surface area contributed by atoms with Gasteiger partial charge in [-0.05, 0) is 30.5 Å². The molecule has 0 N–H and O–H groups in total. The minimum absolute atomic E-state index is 0.129. The van der Waals surface area contributed by atoms with Crippen LogP contribution in [0.2, 0.25) is 10.0 Å². The van der Waals surface area contributed by atoms with E-state index >= 15 is 0 Å². The second-order valence-corrected chi connectivity index (χ2v) is 7.09. The summed E-state index contributed by atoms with van der Waals surface area (Å²) in [5, 5.41) is 0.887. The van der Waals surface area contributed by atoms with E-state index in [1.54, 1.807) is 23.1 Å². The van der Waals surface area contributed by atoms with Crippen LogP contribution in [-0.2, 0) is 4.79 Å². The third kappa shape index (κ3) is 4.85. The number of carbonyl (C=O) groups is 2. The van der Waals surface area contributed by atoms with Gasteiger partial charge in [-0.2, -0.15) is 0 Å². The zero-order chi connectivity index (χ0) is 17.0. The average molecular weight is 357 g/mol. The van der Waals surface area contributed by atoms with E-state index in [2.05, 4.69) is 0 Å². The Balaban J connectivity index is 2.04. The highest BCUT2D eigenvalue weighted by Crippen LogP contribution is 2.22. The molecule has 0 radical (unpaired) electrons. The average Bonchev–Trinajstić information content (AvgIpc) is 2.74. The third-order valence-electron chi connectivity index (χ3n) is 3.88. The summed E-state index contributed by atoms with van der Waals surface area (Å²) in [5.74, 6) is 0.375. The molecule has 1 aromatic rings. The molecule has 0 aliphatic carbocycles. The highest BCUT2D eigenvalue weighted by molar-refractivity contribution is 6.35. The molecule has 2 rings (SSSR count). The van der Waals surface area contributed by atoms with Crippen LogP contribution in [0.4, 0.5) is 0 Å². The van der Waals surface area contributed by atoms with E-state index in [9.17, 15) is 9.59 Å². The molecule has 4 nitrogen and oxygen atoms in total. The van der Waals surface area contributed by atoms with Crippen molar-refractivity contribution in [2.75, 3.05) is 26.2 Å². The van der Waals surface area contributed by atoms with Crippen LogP contribution >= 0.6 is 23.2 Å². The molecule has 0 bridgehead atoms. The minimum atomic E-state index is -0.129. The van der Waals surface area contributed by atoms with E-state index in [0.717, 1.165) is 6.42 Å². The third-order valence-corrected chi connectivity index (χ3v) is 4.44. The first-order valence-electron chi connectivity index (χ1n) is 7.90.